The van der Waals surface area contributed by atoms with Gasteiger partial charge in [0.2, 0.25) is 5.91 Å². The Bertz CT molecular complexity index is 943. The molecule has 0 radical (unpaired) electrons. The molecule has 0 aliphatic rings. The summed E-state index contributed by atoms with van der Waals surface area (Å²) in [5.41, 5.74) is 0.957. The van der Waals surface area contributed by atoms with Crippen molar-refractivity contribution in [2.75, 3.05) is 5.32 Å². The fourth-order valence-corrected chi connectivity index (χ4v) is 3.84. The van der Waals surface area contributed by atoms with Crippen LogP contribution >= 0.6 is 23.1 Å². The van der Waals surface area contributed by atoms with Crippen LogP contribution in [0.3, 0.4) is 0 Å². The van der Waals surface area contributed by atoms with Crippen LogP contribution < -0.4 is 5.32 Å². The molecule has 0 aliphatic heterocycles. The van der Waals surface area contributed by atoms with Gasteiger partial charge in [-0.05, 0) is 30.5 Å². The second-order valence-electron chi connectivity index (χ2n) is 5.62. The van der Waals surface area contributed by atoms with Gasteiger partial charge in [0.05, 0.1) is 16.5 Å². The van der Waals surface area contributed by atoms with Gasteiger partial charge in [-0.3, -0.25) is 4.79 Å². The second-order valence-corrected chi connectivity index (χ2v) is 7.96. The van der Waals surface area contributed by atoms with Crippen molar-refractivity contribution < 1.29 is 4.79 Å². The first-order valence-electron chi connectivity index (χ1n) is 7.95. The second kappa shape index (κ2) is 8.17. The van der Waals surface area contributed by atoms with E-state index in [4.69, 9.17) is 5.26 Å². The lowest BCUT2D eigenvalue weighted by Crippen LogP contribution is -2.23. The zero-order valence-electron chi connectivity index (χ0n) is 14.3. The number of nitriles is 1. The quantitative estimate of drug-likeness (QED) is 0.659. The number of hydrogen-bond donors (Lipinski definition) is 1. The number of thioether (sulfide) groups is 1. The normalized spacial score (nSPS) is 11.7. The van der Waals surface area contributed by atoms with Crippen molar-refractivity contribution in [1.29, 1.82) is 5.26 Å². The monoisotopic (exact) mass is 383 g/mol. The Morgan fingerprint density at radius 3 is 2.88 bits per heavy atom. The number of thiophene rings is 1. The first-order chi connectivity index (χ1) is 12.6. The van der Waals surface area contributed by atoms with E-state index in [0.29, 0.717) is 16.4 Å². The largest absolute Gasteiger partial charge is 0.324 e. The number of hydrogen-bond acceptors (Lipinski definition) is 6. The van der Waals surface area contributed by atoms with Gasteiger partial charge in [-0.15, -0.1) is 21.5 Å². The van der Waals surface area contributed by atoms with E-state index in [0.717, 1.165) is 12.2 Å². The lowest BCUT2D eigenvalue weighted by Gasteiger charge is -2.12. The summed E-state index contributed by atoms with van der Waals surface area (Å²) in [6, 6.07) is 13.1. The van der Waals surface area contributed by atoms with Gasteiger partial charge in [-0.2, -0.15) is 5.26 Å². The number of anilines is 1. The molecular weight excluding hydrogens is 366 g/mol. The Morgan fingerprint density at radius 1 is 1.35 bits per heavy atom. The molecule has 1 aromatic carbocycles. The molecule has 1 atom stereocenters. The van der Waals surface area contributed by atoms with E-state index in [1.807, 2.05) is 30.0 Å². The minimum absolute atomic E-state index is 0.180. The van der Waals surface area contributed by atoms with E-state index in [9.17, 15) is 4.79 Å². The molecule has 0 saturated carbocycles. The number of amides is 1. The molecule has 0 spiro atoms. The van der Waals surface area contributed by atoms with Crippen LogP contribution in [0.25, 0.3) is 0 Å². The topological polar surface area (TPSA) is 83.6 Å². The number of rotatable bonds is 6. The third-order valence-corrected chi connectivity index (χ3v) is 5.80. The van der Waals surface area contributed by atoms with E-state index in [2.05, 4.69) is 27.6 Å². The molecule has 0 fully saturated rings. The fourth-order valence-electron chi connectivity index (χ4n) is 2.31. The summed E-state index contributed by atoms with van der Waals surface area (Å²) in [7, 11) is 1.90. The third kappa shape index (κ3) is 4.12. The first-order valence-corrected chi connectivity index (χ1v) is 9.71. The summed E-state index contributed by atoms with van der Waals surface area (Å²) in [6.45, 7) is 1.81. The number of nitrogens with zero attached hydrogens (tertiary/aromatic N) is 4. The van der Waals surface area contributed by atoms with Crippen LogP contribution in [-0.2, 0) is 18.3 Å². The number of aromatic nitrogens is 3. The molecule has 0 saturated heterocycles. The SMILES string of the molecule is C[C@@H](Sc1nnc(Cc2cccs2)n1C)C(=O)Nc1ccccc1C#N. The van der Waals surface area contributed by atoms with Crippen molar-refractivity contribution in [1.82, 2.24) is 14.8 Å². The Labute approximate surface area is 159 Å². The van der Waals surface area contributed by atoms with Crippen LogP contribution in [0.4, 0.5) is 5.69 Å². The maximum Gasteiger partial charge on any atom is 0.237 e. The van der Waals surface area contributed by atoms with Crippen molar-refractivity contribution in [2.24, 2.45) is 7.05 Å². The Kier molecular flexibility index (Phi) is 5.71. The molecule has 132 valence electrons. The molecule has 2 aromatic heterocycles. The number of benzene rings is 1. The minimum Gasteiger partial charge on any atom is -0.324 e. The van der Waals surface area contributed by atoms with Crippen molar-refractivity contribution in [3.8, 4) is 6.07 Å². The summed E-state index contributed by atoms with van der Waals surface area (Å²) in [6.07, 6.45) is 0.720. The van der Waals surface area contributed by atoms with Crippen LogP contribution in [0.15, 0.2) is 46.9 Å². The standard InChI is InChI=1S/C18H17N5OS2/c1-12(17(24)20-15-8-4-3-6-13(15)11-19)26-18-22-21-16(23(18)2)10-14-7-5-9-25-14/h3-9,12H,10H2,1-2H3,(H,20,24)/t12-/m1/s1. The van der Waals surface area contributed by atoms with Gasteiger partial charge in [0.15, 0.2) is 5.16 Å². The minimum atomic E-state index is -0.376. The lowest BCUT2D eigenvalue weighted by atomic mass is 10.2. The molecule has 0 unspecified atom stereocenters. The maximum atomic E-state index is 12.5. The zero-order valence-corrected chi connectivity index (χ0v) is 16.0. The molecular formula is C18H17N5OS2. The summed E-state index contributed by atoms with van der Waals surface area (Å²) in [5.74, 6) is 0.679. The lowest BCUT2D eigenvalue weighted by molar-refractivity contribution is -0.115. The average molecular weight is 384 g/mol. The average Bonchev–Trinajstić information content (AvgIpc) is 3.27. The van der Waals surface area contributed by atoms with Crippen LogP contribution in [0.2, 0.25) is 0 Å². The smallest absolute Gasteiger partial charge is 0.237 e. The number of carbonyl (C=O) groups is 1. The van der Waals surface area contributed by atoms with Gasteiger partial charge >= 0.3 is 0 Å². The van der Waals surface area contributed by atoms with Crippen molar-refractivity contribution in [3.63, 3.8) is 0 Å². The van der Waals surface area contributed by atoms with Crippen LogP contribution in [0.5, 0.6) is 0 Å². The van der Waals surface area contributed by atoms with E-state index < -0.39 is 0 Å². The molecule has 1 N–H and O–H groups in total. The van der Waals surface area contributed by atoms with Crippen molar-refractivity contribution >= 4 is 34.7 Å². The van der Waals surface area contributed by atoms with Crippen molar-refractivity contribution in [3.05, 3.63) is 58.0 Å². The summed E-state index contributed by atoms with van der Waals surface area (Å²) in [5, 5.41) is 22.7. The van der Waals surface area contributed by atoms with Gasteiger partial charge in [0.25, 0.3) is 0 Å². The number of carbonyl (C=O) groups excluding carboxylic acids is 1. The zero-order chi connectivity index (χ0) is 18.5. The van der Waals surface area contributed by atoms with Crippen LogP contribution in [0.1, 0.15) is 23.2 Å². The molecule has 26 heavy (non-hydrogen) atoms. The first kappa shape index (κ1) is 18.2. The summed E-state index contributed by atoms with van der Waals surface area (Å²) < 4.78 is 1.91. The van der Waals surface area contributed by atoms with E-state index in [1.54, 1.807) is 35.6 Å². The Morgan fingerprint density at radius 2 is 2.15 bits per heavy atom. The maximum absolute atomic E-state index is 12.5. The van der Waals surface area contributed by atoms with Crippen LogP contribution in [0, 0.1) is 11.3 Å². The molecule has 1 amide bonds. The molecule has 3 rings (SSSR count). The number of nitrogens with one attached hydrogen (secondary N) is 1. The Balaban J connectivity index is 1.66. The molecule has 2 heterocycles. The predicted molar refractivity (Wildman–Crippen MR) is 103 cm³/mol. The molecule has 6 nitrogen and oxygen atoms in total. The van der Waals surface area contributed by atoms with Gasteiger partial charge in [-0.25, -0.2) is 0 Å². The van der Waals surface area contributed by atoms with E-state index in [-0.39, 0.29) is 11.2 Å². The number of para-hydroxylation sites is 1. The summed E-state index contributed by atoms with van der Waals surface area (Å²) in [4.78, 5) is 13.7. The predicted octanol–water partition coefficient (Wildman–Crippen LogP) is 3.46. The Hall–Kier alpha value is -2.63. The molecule has 0 aliphatic carbocycles. The highest BCUT2D eigenvalue weighted by molar-refractivity contribution is 8.00. The van der Waals surface area contributed by atoms with E-state index >= 15 is 0 Å². The van der Waals surface area contributed by atoms with E-state index in [1.165, 1.54) is 16.6 Å². The highest BCUT2D eigenvalue weighted by Gasteiger charge is 2.20. The summed E-state index contributed by atoms with van der Waals surface area (Å²) >= 11 is 3.02. The van der Waals surface area contributed by atoms with Gasteiger partial charge in [0, 0.05) is 18.3 Å². The third-order valence-electron chi connectivity index (χ3n) is 3.79. The van der Waals surface area contributed by atoms with Gasteiger partial charge in [-0.1, -0.05) is 30.0 Å². The molecule has 8 heteroatoms. The highest BCUT2D eigenvalue weighted by atomic mass is 32.2. The highest BCUT2D eigenvalue weighted by Crippen LogP contribution is 2.24. The fraction of sp³-hybridized carbons (Fsp3) is 0.222. The van der Waals surface area contributed by atoms with Gasteiger partial charge < -0.3 is 9.88 Å². The van der Waals surface area contributed by atoms with Gasteiger partial charge in [0.1, 0.15) is 11.9 Å². The van der Waals surface area contributed by atoms with Crippen LogP contribution in [-0.4, -0.2) is 25.9 Å². The molecule has 3 aromatic rings. The van der Waals surface area contributed by atoms with Crippen molar-refractivity contribution in [2.45, 2.75) is 23.8 Å². The molecule has 0 bridgehead atoms.